The van der Waals surface area contributed by atoms with E-state index in [0.717, 1.165) is 32.5 Å². The lowest BCUT2D eigenvalue weighted by molar-refractivity contribution is -0.126. The van der Waals surface area contributed by atoms with E-state index >= 15 is 0 Å². The van der Waals surface area contributed by atoms with Crippen molar-refractivity contribution in [2.75, 3.05) is 19.6 Å². The molecule has 0 spiro atoms. The number of nitrogens with zero attached hydrogens (tertiary/aromatic N) is 1. The number of carbonyl (C=O) groups excluding carboxylic acids is 1. The molecule has 1 heterocycles. The molecule has 0 bridgehead atoms. The molecule has 1 N–H and O–H groups in total. The first-order valence-corrected chi connectivity index (χ1v) is 5.98. The number of piperidine rings is 1. The zero-order chi connectivity index (χ0) is 11.5. The van der Waals surface area contributed by atoms with Gasteiger partial charge < -0.3 is 5.32 Å². The maximum atomic E-state index is 11.6. The summed E-state index contributed by atoms with van der Waals surface area (Å²) in [6, 6.07) is 0. The number of amides is 1. The smallest absolute Gasteiger partial charge is 0.223 e. The fourth-order valence-electron chi connectivity index (χ4n) is 2.13. The Hall–Kier alpha value is -0.570. The SMILES string of the molecule is CCNC(=O)C1CCN(C(C)(C)C)CC1. The van der Waals surface area contributed by atoms with Gasteiger partial charge in [-0.05, 0) is 53.6 Å². The van der Waals surface area contributed by atoms with E-state index in [1.165, 1.54) is 0 Å². The van der Waals surface area contributed by atoms with Crippen LogP contribution in [0.25, 0.3) is 0 Å². The van der Waals surface area contributed by atoms with E-state index in [1.807, 2.05) is 6.92 Å². The molecule has 1 aliphatic heterocycles. The maximum Gasteiger partial charge on any atom is 0.223 e. The van der Waals surface area contributed by atoms with Crippen LogP contribution in [0.1, 0.15) is 40.5 Å². The Bertz CT molecular complexity index is 212. The molecule has 1 aliphatic rings. The van der Waals surface area contributed by atoms with Crippen LogP contribution in [-0.4, -0.2) is 36.0 Å². The monoisotopic (exact) mass is 212 g/mol. The fraction of sp³-hybridized carbons (Fsp3) is 0.917. The number of rotatable bonds is 2. The summed E-state index contributed by atoms with van der Waals surface area (Å²) < 4.78 is 0. The first kappa shape index (κ1) is 12.5. The Morgan fingerprint density at radius 1 is 1.33 bits per heavy atom. The van der Waals surface area contributed by atoms with Crippen LogP contribution in [0.15, 0.2) is 0 Å². The molecule has 1 amide bonds. The van der Waals surface area contributed by atoms with E-state index in [-0.39, 0.29) is 17.4 Å². The number of hydrogen-bond donors (Lipinski definition) is 1. The van der Waals surface area contributed by atoms with Crippen molar-refractivity contribution in [3.05, 3.63) is 0 Å². The second kappa shape index (κ2) is 4.97. The van der Waals surface area contributed by atoms with Gasteiger partial charge in [0.25, 0.3) is 0 Å². The second-order valence-corrected chi connectivity index (χ2v) is 5.33. The van der Waals surface area contributed by atoms with Crippen LogP contribution >= 0.6 is 0 Å². The lowest BCUT2D eigenvalue weighted by Gasteiger charge is -2.40. The average molecular weight is 212 g/mol. The average Bonchev–Trinajstić information content (AvgIpc) is 2.17. The van der Waals surface area contributed by atoms with Crippen molar-refractivity contribution in [2.24, 2.45) is 5.92 Å². The van der Waals surface area contributed by atoms with Crippen LogP contribution in [0.3, 0.4) is 0 Å². The number of carbonyl (C=O) groups is 1. The highest BCUT2D eigenvalue weighted by molar-refractivity contribution is 5.78. The molecule has 0 unspecified atom stereocenters. The zero-order valence-electron chi connectivity index (χ0n) is 10.5. The first-order valence-electron chi connectivity index (χ1n) is 5.98. The van der Waals surface area contributed by atoms with Crippen LogP contribution in [-0.2, 0) is 4.79 Å². The Kier molecular flexibility index (Phi) is 4.14. The molecule has 0 radical (unpaired) electrons. The molecule has 0 aromatic carbocycles. The van der Waals surface area contributed by atoms with Gasteiger partial charge in [0.15, 0.2) is 0 Å². The normalized spacial score (nSPS) is 20.3. The number of nitrogens with one attached hydrogen (secondary N) is 1. The molecule has 0 aliphatic carbocycles. The molecule has 88 valence electrons. The topological polar surface area (TPSA) is 32.3 Å². The minimum Gasteiger partial charge on any atom is -0.356 e. The minimum atomic E-state index is 0.239. The highest BCUT2D eigenvalue weighted by Gasteiger charge is 2.29. The number of hydrogen-bond acceptors (Lipinski definition) is 2. The molecule has 1 saturated heterocycles. The summed E-state index contributed by atoms with van der Waals surface area (Å²) in [6.45, 7) is 11.5. The van der Waals surface area contributed by atoms with Crippen molar-refractivity contribution >= 4 is 5.91 Å². The largest absolute Gasteiger partial charge is 0.356 e. The quantitative estimate of drug-likeness (QED) is 0.754. The summed E-state index contributed by atoms with van der Waals surface area (Å²) in [5, 5.41) is 2.91. The van der Waals surface area contributed by atoms with Crippen molar-refractivity contribution < 1.29 is 4.79 Å². The van der Waals surface area contributed by atoms with Crippen molar-refractivity contribution in [1.29, 1.82) is 0 Å². The van der Waals surface area contributed by atoms with Crippen molar-refractivity contribution in [1.82, 2.24) is 10.2 Å². The van der Waals surface area contributed by atoms with Crippen LogP contribution in [0.2, 0.25) is 0 Å². The molecule has 0 aromatic rings. The zero-order valence-corrected chi connectivity index (χ0v) is 10.5. The van der Waals surface area contributed by atoms with Gasteiger partial charge in [0.05, 0.1) is 0 Å². The van der Waals surface area contributed by atoms with Crippen molar-refractivity contribution in [3.8, 4) is 0 Å². The molecule has 0 saturated carbocycles. The first-order chi connectivity index (χ1) is 6.95. The highest BCUT2D eigenvalue weighted by Crippen LogP contribution is 2.23. The van der Waals surface area contributed by atoms with Gasteiger partial charge in [-0.2, -0.15) is 0 Å². The van der Waals surface area contributed by atoms with Gasteiger partial charge in [-0.25, -0.2) is 0 Å². The van der Waals surface area contributed by atoms with Crippen LogP contribution in [0, 0.1) is 5.92 Å². The minimum absolute atomic E-state index is 0.239. The van der Waals surface area contributed by atoms with Gasteiger partial charge in [0, 0.05) is 18.0 Å². The Balaban J connectivity index is 2.39. The maximum absolute atomic E-state index is 11.6. The van der Waals surface area contributed by atoms with E-state index in [1.54, 1.807) is 0 Å². The summed E-state index contributed by atoms with van der Waals surface area (Å²) in [7, 11) is 0. The molecule has 0 atom stereocenters. The summed E-state index contributed by atoms with van der Waals surface area (Å²) in [4.78, 5) is 14.1. The summed E-state index contributed by atoms with van der Waals surface area (Å²) in [5.74, 6) is 0.481. The van der Waals surface area contributed by atoms with Crippen LogP contribution < -0.4 is 5.32 Å². The van der Waals surface area contributed by atoms with Gasteiger partial charge in [0.2, 0.25) is 5.91 Å². The third-order valence-corrected chi connectivity index (χ3v) is 3.17. The predicted octanol–water partition coefficient (Wildman–Crippen LogP) is 1.63. The summed E-state index contributed by atoms with van der Waals surface area (Å²) >= 11 is 0. The Labute approximate surface area is 93.2 Å². The molecular formula is C12H24N2O. The molecule has 0 aromatic heterocycles. The molecular weight excluding hydrogens is 188 g/mol. The lowest BCUT2D eigenvalue weighted by Crippen LogP contribution is -2.48. The Morgan fingerprint density at radius 2 is 1.87 bits per heavy atom. The van der Waals surface area contributed by atoms with E-state index in [9.17, 15) is 4.79 Å². The van der Waals surface area contributed by atoms with E-state index in [0.29, 0.717) is 0 Å². The van der Waals surface area contributed by atoms with Gasteiger partial charge >= 0.3 is 0 Å². The molecule has 3 heteroatoms. The van der Waals surface area contributed by atoms with Crippen LogP contribution in [0.4, 0.5) is 0 Å². The van der Waals surface area contributed by atoms with Gasteiger partial charge in [0.1, 0.15) is 0 Å². The summed E-state index contributed by atoms with van der Waals surface area (Å²) in [6.07, 6.45) is 2.01. The summed E-state index contributed by atoms with van der Waals surface area (Å²) in [5.41, 5.74) is 0.242. The Morgan fingerprint density at radius 3 is 2.27 bits per heavy atom. The number of likely N-dealkylation sites (tertiary alicyclic amines) is 1. The molecule has 1 rings (SSSR count). The lowest BCUT2D eigenvalue weighted by atomic mass is 9.92. The standard InChI is InChI=1S/C12H24N2O/c1-5-13-11(15)10-6-8-14(9-7-10)12(2,3)4/h10H,5-9H2,1-4H3,(H,13,15). The highest BCUT2D eigenvalue weighted by atomic mass is 16.1. The second-order valence-electron chi connectivity index (χ2n) is 5.33. The van der Waals surface area contributed by atoms with Crippen LogP contribution in [0.5, 0.6) is 0 Å². The van der Waals surface area contributed by atoms with E-state index in [4.69, 9.17) is 0 Å². The predicted molar refractivity (Wildman–Crippen MR) is 62.7 cm³/mol. The van der Waals surface area contributed by atoms with E-state index < -0.39 is 0 Å². The van der Waals surface area contributed by atoms with E-state index in [2.05, 4.69) is 31.0 Å². The molecule has 15 heavy (non-hydrogen) atoms. The molecule has 3 nitrogen and oxygen atoms in total. The molecule has 1 fully saturated rings. The fourth-order valence-corrected chi connectivity index (χ4v) is 2.13. The third kappa shape index (κ3) is 3.49. The van der Waals surface area contributed by atoms with Gasteiger partial charge in [-0.1, -0.05) is 0 Å². The van der Waals surface area contributed by atoms with Crippen molar-refractivity contribution in [3.63, 3.8) is 0 Å². The van der Waals surface area contributed by atoms with Gasteiger partial charge in [-0.15, -0.1) is 0 Å². The van der Waals surface area contributed by atoms with Gasteiger partial charge in [-0.3, -0.25) is 9.69 Å². The third-order valence-electron chi connectivity index (χ3n) is 3.17. The van der Waals surface area contributed by atoms with Crippen molar-refractivity contribution in [2.45, 2.75) is 46.1 Å².